The molecular weight excluding hydrogens is 290 g/mol. The lowest BCUT2D eigenvalue weighted by molar-refractivity contribution is 0.305. The molecule has 0 fully saturated rings. The largest absolute Gasteiger partial charge is 0.492 e. The number of hydrogen-bond donors (Lipinski definition) is 1. The SMILES string of the molecule is CNCCCCOc1ccc2ccccc2c1Br. The van der Waals surface area contributed by atoms with Crippen LogP contribution in [0.25, 0.3) is 10.8 Å². The molecule has 0 saturated carbocycles. The lowest BCUT2D eigenvalue weighted by Gasteiger charge is -2.10. The van der Waals surface area contributed by atoms with Crippen molar-refractivity contribution in [1.29, 1.82) is 0 Å². The van der Waals surface area contributed by atoms with Crippen LogP contribution in [0.3, 0.4) is 0 Å². The van der Waals surface area contributed by atoms with Gasteiger partial charge in [0.2, 0.25) is 0 Å². The summed E-state index contributed by atoms with van der Waals surface area (Å²) in [5.41, 5.74) is 0. The van der Waals surface area contributed by atoms with Crippen molar-refractivity contribution in [3.8, 4) is 5.75 Å². The van der Waals surface area contributed by atoms with Gasteiger partial charge in [-0.05, 0) is 59.2 Å². The summed E-state index contributed by atoms with van der Waals surface area (Å²) in [5.74, 6) is 0.929. The Bertz CT molecular complexity index is 513. The number of benzene rings is 2. The van der Waals surface area contributed by atoms with Crippen LogP contribution in [0, 0.1) is 0 Å². The summed E-state index contributed by atoms with van der Waals surface area (Å²) in [4.78, 5) is 0. The van der Waals surface area contributed by atoms with Crippen molar-refractivity contribution in [3.63, 3.8) is 0 Å². The standard InChI is InChI=1S/C15H18BrNO/c1-17-10-4-5-11-18-14-9-8-12-6-2-3-7-13(12)15(14)16/h2-3,6-9,17H,4-5,10-11H2,1H3. The summed E-state index contributed by atoms with van der Waals surface area (Å²) in [6.07, 6.45) is 2.21. The molecule has 0 spiro atoms. The van der Waals surface area contributed by atoms with E-state index in [1.807, 2.05) is 25.2 Å². The Labute approximate surface area is 116 Å². The van der Waals surface area contributed by atoms with E-state index in [4.69, 9.17) is 4.74 Å². The van der Waals surface area contributed by atoms with Crippen LogP contribution < -0.4 is 10.1 Å². The first kappa shape index (κ1) is 13.4. The highest BCUT2D eigenvalue weighted by Gasteiger charge is 2.05. The van der Waals surface area contributed by atoms with Crippen LogP contribution in [0.1, 0.15) is 12.8 Å². The smallest absolute Gasteiger partial charge is 0.134 e. The van der Waals surface area contributed by atoms with E-state index in [2.05, 4.69) is 39.4 Å². The molecule has 18 heavy (non-hydrogen) atoms. The summed E-state index contributed by atoms with van der Waals surface area (Å²) in [6, 6.07) is 12.4. The molecule has 0 atom stereocenters. The molecule has 0 radical (unpaired) electrons. The lowest BCUT2D eigenvalue weighted by atomic mass is 10.1. The van der Waals surface area contributed by atoms with Gasteiger partial charge in [0, 0.05) is 0 Å². The van der Waals surface area contributed by atoms with Gasteiger partial charge in [0.1, 0.15) is 5.75 Å². The molecule has 2 rings (SSSR count). The molecule has 2 aromatic carbocycles. The molecular formula is C15H18BrNO. The fourth-order valence-corrected chi connectivity index (χ4v) is 2.52. The predicted molar refractivity (Wildman–Crippen MR) is 80.3 cm³/mol. The first-order chi connectivity index (χ1) is 8.83. The summed E-state index contributed by atoms with van der Waals surface area (Å²) < 4.78 is 6.87. The second-order valence-corrected chi connectivity index (χ2v) is 5.05. The van der Waals surface area contributed by atoms with Gasteiger partial charge in [-0.2, -0.15) is 0 Å². The Balaban J connectivity index is 2.03. The van der Waals surface area contributed by atoms with E-state index in [0.29, 0.717) is 0 Å². The number of fused-ring (bicyclic) bond motifs is 1. The molecule has 0 bridgehead atoms. The van der Waals surface area contributed by atoms with Gasteiger partial charge in [0.25, 0.3) is 0 Å². The zero-order chi connectivity index (χ0) is 12.8. The summed E-state index contributed by atoms with van der Waals surface area (Å²) in [5, 5.41) is 5.57. The zero-order valence-electron chi connectivity index (χ0n) is 10.6. The van der Waals surface area contributed by atoms with Crippen LogP contribution in [-0.2, 0) is 0 Å². The molecule has 0 aromatic heterocycles. The highest BCUT2D eigenvalue weighted by molar-refractivity contribution is 9.10. The van der Waals surface area contributed by atoms with Crippen LogP contribution in [0.2, 0.25) is 0 Å². The van der Waals surface area contributed by atoms with Gasteiger partial charge in [0.15, 0.2) is 0 Å². The molecule has 0 heterocycles. The second-order valence-electron chi connectivity index (χ2n) is 4.26. The first-order valence-electron chi connectivity index (χ1n) is 6.27. The van der Waals surface area contributed by atoms with Crippen molar-refractivity contribution in [2.24, 2.45) is 0 Å². The zero-order valence-corrected chi connectivity index (χ0v) is 12.2. The highest BCUT2D eigenvalue weighted by atomic mass is 79.9. The number of rotatable bonds is 6. The third-order valence-electron chi connectivity index (χ3n) is 2.91. The molecule has 3 heteroatoms. The Kier molecular flexibility index (Phi) is 5.02. The Morgan fingerprint density at radius 3 is 2.78 bits per heavy atom. The molecule has 0 aliphatic heterocycles. The normalized spacial score (nSPS) is 10.8. The van der Waals surface area contributed by atoms with Crippen LogP contribution in [-0.4, -0.2) is 20.2 Å². The number of nitrogens with one attached hydrogen (secondary N) is 1. The molecule has 0 aliphatic rings. The van der Waals surface area contributed by atoms with Crippen molar-refractivity contribution < 1.29 is 4.74 Å². The van der Waals surface area contributed by atoms with E-state index in [-0.39, 0.29) is 0 Å². The quantitative estimate of drug-likeness (QED) is 0.815. The molecule has 2 aromatic rings. The van der Waals surface area contributed by atoms with Gasteiger partial charge in [-0.25, -0.2) is 0 Å². The minimum absolute atomic E-state index is 0.763. The fraction of sp³-hybridized carbons (Fsp3) is 0.333. The predicted octanol–water partition coefficient (Wildman–Crippen LogP) is 3.98. The average molecular weight is 308 g/mol. The van der Waals surface area contributed by atoms with Crippen LogP contribution in [0.15, 0.2) is 40.9 Å². The molecule has 2 nitrogen and oxygen atoms in total. The topological polar surface area (TPSA) is 21.3 Å². The summed E-state index contributed by atoms with van der Waals surface area (Å²) in [7, 11) is 1.97. The van der Waals surface area contributed by atoms with E-state index >= 15 is 0 Å². The molecule has 0 unspecified atom stereocenters. The number of halogens is 1. The van der Waals surface area contributed by atoms with Crippen molar-refractivity contribution in [1.82, 2.24) is 5.32 Å². The maximum atomic E-state index is 5.82. The average Bonchev–Trinajstić information content (AvgIpc) is 2.41. The molecule has 0 amide bonds. The summed E-state index contributed by atoms with van der Waals surface area (Å²) in [6.45, 7) is 1.81. The Morgan fingerprint density at radius 1 is 1.11 bits per heavy atom. The molecule has 1 N–H and O–H groups in total. The number of hydrogen-bond acceptors (Lipinski definition) is 2. The van der Waals surface area contributed by atoms with Crippen molar-refractivity contribution in [2.45, 2.75) is 12.8 Å². The van der Waals surface area contributed by atoms with Crippen LogP contribution in [0.5, 0.6) is 5.75 Å². The fourth-order valence-electron chi connectivity index (χ4n) is 1.91. The van der Waals surface area contributed by atoms with Crippen molar-refractivity contribution >= 4 is 26.7 Å². The van der Waals surface area contributed by atoms with Crippen molar-refractivity contribution in [3.05, 3.63) is 40.9 Å². The van der Waals surface area contributed by atoms with Crippen molar-refractivity contribution in [2.75, 3.05) is 20.2 Å². The monoisotopic (exact) mass is 307 g/mol. The van der Waals surface area contributed by atoms with Gasteiger partial charge in [-0.1, -0.05) is 30.3 Å². The minimum Gasteiger partial charge on any atom is -0.492 e. The van der Waals surface area contributed by atoms with Gasteiger partial charge in [-0.3, -0.25) is 0 Å². The third kappa shape index (κ3) is 3.24. The lowest BCUT2D eigenvalue weighted by Crippen LogP contribution is -2.09. The van der Waals surface area contributed by atoms with Gasteiger partial charge in [-0.15, -0.1) is 0 Å². The highest BCUT2D eigenvalue weighted by Crippen LogP contribution is 2.33. The molecule has 0 saturated heterocycles. The van der Waals surface area contributed by atoms with Gasteiger partial charge >= 0.3 is 0 Å². The molecule has 0 aliphatic carbocycles. The first-order valence-corrected chi connectivity index (χ1v) is 7.07. The van der Waals surface area contributed by atoms with Crippen LogP contribution in [0.4, 0.5) is 0 Å². The maximum Gasteiger partial charge on any atom is 0.134 e. The maximum absolute atomic E-state index is 5.82. The van der Waals surface area contributed by atoms with Crippen LogP contribution >= 0.6 is 15.9 Å². The van der Waals surface area contributed by atoms with E-state index in [1.54, 1.807) is 0 Å². The second kappa shape index (κ2) is 6.76. The Hall–Kier alpha value is -1.06. The number of unbranched alkanes of at least 4 members (excludes halogenated alkanes) is 1. The van der Waals surface area contributed by atoms with E-state index in [9.17, 15) is 0 Å². The Morgan fingerprint density at radius 2 is 1.94 bits per heavy atom. The van der Waals surface area contributed by atoms with E-state index < -0.39 is 0 Å². The molecule has 96 valence electrons. The van der Waals surface area contributed by atoms with E-state index in [1.165, 1.54) is 10.8 Å². The minimum atomic E-state index is 0.763. The summed E-state index contributed by atoms with van der Waals surface area (Å²) >= 11 is 3.63. The van der Waals surface area contributed by atoms with E-state index in [0.717, 1.165) is 36.2 Å². The number of ether oxygens (including phenoxy) is 1. The third-order valence-corrected chi connectivity index (χ3v) is 3.72. The van der Waals surface area contributed by atoms with Gasteiger partial charge < -0.3 is 10.1 Å². The van der Waals surface area contributed by atoms with Gasteiger partial charge in [0.05, 0.1) is 11.1 Å².